The van der Waals surface area contributed by atoms with Crippen molar-refractivity contribution in [3.63, 3.8) is 0 Å². The average Bonchev–Trinajstić information content (AvgIpc) is 3.35. The minimum absolute atomic E-state index is 0.177. The Bertz CT molecular complexity index is 1400. The van der Waals surface area contributed by atoms with Crippen LogP contribution in [0.1, 0.15) is 29.7 Å². The van der Waals surface area contributed by atoms with Gasteiger partial charge in [0.15, 0.2) is 0 Å². The Morgan fingerprint density at radius 2 is 1.75 bits per heavy atom. The minimum atomic E-state index is -0.452. The van der Waals surface area contributed by atoms with Gasteiger partial charge in [0.2, 0.25) is 5.95 Å². The summed E-state index contributed by atoms with van der Waals surface area (Å²) in [6, 6.07) is 22.2. The van der Waals surface area contributed by atoms with E-state index >= 15 is 0 Å². The molecule has 3 aromatic carbocycles. The van der Waals surface area contributed by atoms with E-state index in [0.717, 1.165) is 22.4 Å². The third-order valence-electron chi connectivity index (χ3n) is 5.98. The Labute approximate surface area is 218 Å². The van der Waals surface area contributed by atoms with Crippen molar-refractivity contribution in [1.82, 2.24) is 20.1 Å². The summed E-state index contributed by atoms with van der Waals surface area (Å²) in [5, 5.41) is 11.7. The number of carbonyl (C=O) groups is 1. The molecule has 0 radical (unpaired) electrons. The van der Waals surface area contributed by atoms with Gasteiger partial charge < -0.3 is 15.4 Å². The molecule has 1 aliphatic rings. The molecule has 36 heavy (non-hydrogen) atoms. The molecule has 1 aliphatic heterocycles. The Kier molecular flexibility index (Phi) is 6.93. The average molecular weight is 520 g/mol. The van der Waals surface area contributed by atoms with E-state index in [-0.39, 0.29) is 12.5 Å². The first-order chi connectivity index (χ1) is 17.5. The molecule has 0 saturated heterocycles. The fourth-order valence-electron chi connectivity index (χ4n) is 4.14. The zero-order chi connectivity index (χ0) is 25.1. The number of rotatable bonds is 7. The number of anilines is 1. The summed E-state index contributed by atoms with van der Waals surface area (Å²) in [6.07, 6.45) is 1.47. The number of halogens is 2. The molecule has 1 amide bonds. The molecule has 1 unspecified atom stereocenters. The van der Waals surface area contributed by atoms with E-state index < -0.39 is 6.04 Å². The molecule has 2 N–H and O–H groups in total. The second-order valence-corrected chi connectivity index (χ2v) is 9.14. The number of hydrogen-bond acceptors (Lipinski definition) is 5. The van der Waals surface area contributed by atoms with E-state index in [4.69, 9.17) is 27.9 Å². The van der Waals surface area contributed by atoms with Gasteiger partial charge in [-0.1, -0.05) is 71.7 Å². The molecule has 1 aromatic heterocycles. The molecular formula is C27H23Cl2N5O2. The van der Waals surface area contributed by atoms with Crippen LogP contribution in [0.3, 0.4) is 0 Å². The molecule has 0 fully saturated rings. The molecule has 0 saturated carbocycles. The molecule has 0 aliphatic carbocycles. The van der Waals surface area contributed by atoms with E-state index in [1.54, 1.807) is 22.9 Å². The van der Waals surface area contributed by atoms with Crippen molar-refractivity contribution in [2.24, 2.45) is 0 Å². The second kappa shape index (κ2) is 10.4. The third-order valence-corrected chi connectivity index (χ3v) is 6.68. The molecule has 5 rings (SSSR count). The monoisotopic (exact) mass is 519 g/mol. The van der Waals surface area contributed by atoms with Crippen LogP contribution in [-0.4, -0.2) is 20.7 Å². The van der Waals surface area contributed by atoms with Gasteiger partial charge in [-0.2, -0.15) is 10.1 Å². The van der Waals surface area contributed by atoms with Crippen molar-refractivity contribution < 1.29 is 9.53 Å². The smallest absolute Gasteiger partial charge is 0.251 e. The van der Waals surface area contributed by atoms with Crippen molar-refractivity contribution in [3.8, 4) is 5.75 Å². The molecule has 4 aromatic rings. The fourth-order valence-corrected chi connectivity index (χ4v) is 4.65. The number of allylic oxidation sites excluding steroid dienone is 1. The van der Waals surface area contributed by atoms with Gasteiger partial charge in [-0.25, -0.2) is 4.68 Å². The lowest BCUT2D eigenvalue weighted by Crippen LogP contribution is -2.34. The zero-order valence-corrected chi connectivity index (χ0v) is 20.9. The van der Waals surface area contributed by atoms with Gasteiger partial charge in [-0.15, -0.1) is 0 Å². The van der Waals surface area contributed by atoms with Crippen molar-refractivity contribution >= 4 is 35.1 Å². The van der Waals surface area contributed by atoms with E-state index in [1.165, 1.54) is 6.33 Å². The summed E-state index contributed by atoms with van der Waals surface area (Å²) in [5.74, 6) is 1.05. The lowest BCUT2D eigenvalue weighted by Gasteiger charge is -2.28. The summed E-state index contributed by atoms with van der Waals surface area (Å²) >= 11 is 12.5. The predicted molar refractivity (Wildman–Crippen MR) is 140 cm³/mol. The molecule has 9 heteroatoms. The Morgan fingerprint density at radius 3 is 2.47 bits per heavy atom. The number of ether oxygens (including phenoxy) is 1. The zero-order valence-electron chi connectivity index (χ0n) is 19.4. The van der Waals surface area contributed by atoms with E-state index in [1.807, 2.05) is 61.5 Å². The molecule has 1 atom stereocenters. The summed E-state index contributed by atoms with van der Waals surface area (Å²) in [4.78, 5) is 17.7. The van der Waals surface area contributed by atoms with Crippen molar-refractivity contribution in [1.29, 1.82) is 0 Å². The van der Waals surface area contributed by atoms with Crippen LogP contribution in [0.15, 0.2) is 90.4 Å². The van der Waals surface area contributed by atoms with Crippen molar-refractivity contribution in [2.75, 3.05) is 5.32 Å². The molecule has 2 heterocycles. The second-order valence-electron chi connectivity index (χ2n) is 8.32. The standard InChI is InChI=1S/C27H23Cl2N5O2/c1-17-24(26(35)30-14-18-6-3-2-4-7-18)25(34-27(33-17)31-16-32-34)19-10-12-20(13-11-19)36-15-21-22(28)8-5-9-23(21)29/h2-13,16,25H,14-15H2,1H3,(H,30,35)(H,31,32,33). The van der Waals surface area contributed by atoms with Crippen LogP contribution in [-0.2, 0) is 17.9 Å². The number of amides is 1. The normalized spacial score (nSPS) is 14.7. The fraction of sp³-hybridized carbons (Fsp3) is 0.148. The number of hydrogen-bond donors (Lipinski definition) is 2. The summed E-state index contributed by atoms with van der Waals surface area (Å²) in [7, 11) is 0. The van der Waals surface area contributed by atoms with Gasteiger partial charge in [-0.3, -0.25) is 4.79 Å². The first-order valence-corrected chi connectivity index (χ1v) is 12.1. The Morgan fingerprint density at radius 1 is 1.03 bits per heavy atom. The SMILES string of the molecule is CC1=C(C(=O)NCc2ccccc2)C(c2ccc(OCc3c(Cl)cccc3Cl)cc2)n2ncnc2N1. The van der Waals surface area contributed by atoms with Crippen LogP contribution in [0.5, 0.6) is 5.75 Å². The van der Waals surface area contributed by atoms with Gasteiger partial charge in [0, 0.05) is 27.9 Å². The Balaban J connectivity index is 1.38. The first kappa shape index (κ1) is 23.9. The number of nitrogens with zero attached hydrogens (tertiary/aromatic N) is 3. The number of carbonyl (C=O) groups excluding carboxylic acids is 1. The molecular weight excluding hydrogens is 497 g/mol. The van der Waals surface area contributed by atoms with Crippen molar-refractivity contribution in [2.45, 2.75) is 26.1 Å². The van der Waals surface area contributed by atoms with Crippen LogP contribution < -0.4 is 15.4 Å². The summed E-state index contributed by atoms with van der Waals surface area (Å²) in [5.41, 5.74) is 3.91. The van der Waals surface area contributed by atoms with E-state index in [0.29, 0.717) is 33.9 Å². The quantitative estimate of drug-likeness (QED) is 0.324. The maximum atomic E-state index is 13.4. The highest BCUT2D eigenvalue weighted by molar-refractivity contribution is 6.35. The number of benzene rings is 3. The van der Waals surface area contributed by atoms with Crippen LogP contribution in [0.4, 0.5) is 5.95 Å². The highest BCUT2D eigenvalue weighted by Gasteiger charge is 2.33. The molecule has 0 bridgehead atoms. The lowest BCUT2D eigenvalue weighted by molar-refractivity contribution is -0.118. The Hall–Kier alpha value is -3.81. The van der Waals surface area contributed by atoms with Gasteiger partial charge in [0.05, 0.1) is 5.57 Å². The third kappa shape index (κ3) is 4.94. The largest absolute Gasteiger partial charge is 0.489 e. The topological polar surface area (TPSA) is 81.1 Å². The molecule has 7 nitrogen and oxygen atoms in total. The van der Waals surface area contributed by atoms with Crippen LogP contribution in [0, 0.1) is 0 Å². The minimum Gasteiger partial charge on any atom is -0.489 e. The summed E-state index contributed by atoms with van der Waals surface area (Å²) in [6.45, 7) is 2.53. The summed E-state index contributed by atoms with van der Waals surface area (Å²) < 4.78 is 7.64. The number of aromatic nitrogens is 3. The first-order valence-electron chi connectivity index (χ1n) is 11.4. The highest BCUT2D eigenvalue weighted by Crippen LogP contribution is 2.35. The maximum Gasteiger partial charge on any atom is 0.251 e. The van der Waals surface area contributed by atoms with Crippen LogP contribution in [0.2, 0.25) is 10.0 Å². The molecule has 0 spiro atoms. The van der Waals surface area contributed by atoms with Gasteiger partial charge in [-0.05, 0) is 42.3 Å². The number of fused-ring (bicyclic) bond motifs is 1. The van der Waals surface area contributed by atoms with Gasteiger partial charge >= 0.3 is 0 Å². The van der Waals surface area contributed by atoms with Crippen LogP contribution >= 0.6 is 23.2 Å². The molecule has 182 valence electrons. The lowest BCUT2D eigenvalue weighted by atomic mass is 9.95. The van der Waals surface area contributed by atoms with E-state index in [2.05, 4.69) is 20.7 Å². The number of nitrogens with one attached hydrogen (secondary N) is 2. The van der Waals surface area contributed by atoms with E-state index in [9.17, 15) is 4.79 Å². The van der Waals surface area contributed by atoms with Gasteiger partial charge in [0.25, 0.3) is 5.91 Å². The maximum absolute atomic E-state index is 13.4. The predicted octanol–water partition coefficient (Wildman–Crippen LogP) is 5.77. The van der Waals surface area contributed by atoms with Gasteiger partial charge in [0.1, 0.15) is 24.7 Å². The highest BCUT2D eigenvalue weighted by atomic mass is 35.5. The van der Waals surface area contributed by atoms with Crippen LogP contribution in [0.25, 0.3) is 0 Å². The van der Waals surface area contributed by atoms with Crippen molar-refractivity contribution in [3.05, 3.63) is 117 Å².